The molecule has 3 heteroatoms. The van der Waals surface area contributed by atoms with E-state index >= 15 is 0 Å². The molecular weight excluding hydrogens is 246 g/mol. The van der Waals surface area contributed by atoms with Gasteiger partial charge in [-0.05, 0) is 50.8 Å². The lowest BCUT2D eigenvalue weighted by Crippen LogP contribution is -2.31. The van der Waals surface area contributed by atoms with Crippen LogP contribution in [0.2, 0.25) is 5.02 Å². The van der Waals surface area contributed by atoms with Gasteiger partial charge < -0.3 is 10.1 Å². The average molecular weight is 266 g/mol. The van der Waals surface area contributed by atoms with Crippen molar-refractivity contribution in [2.45, 2.75) is 32.3 Å². The van der Waals surface area contributed by atoms with Gasteiger partial charge in [0, 0.05) is 23.0 Å². The van der Waals surface area contributed by atoms with Crippen molar-refractivity contribution in [1.29, 1.82) is 0 Å². The molecule has 98 valence electrons. The predicted molar refractivity (Wildman–Crippen MR) is 74.3 cm³/mol. The van der Waals surface area contributed by atoms with Gasteiger partial charge in [0.1, 0.15) is 11.9 Å². The molecular formula is C15H20ClNO. The summed E-state index contributed by atoms with van der Waals surface area (Å²) in [7, 11) is 0. The topological polar surface area (TPSA) is 21.3 Å². The summed E-state index contributed by atoms with van der Waals surface area (Å²) in [6, 6.07) is 5.94. The Bertz CT molecular complexity index is 425. The molecule has 0 amide bonds. The summed E-state index contributed by atoms with van der Waals surface area (Å²) in [6.07, 6.45) is 4.25. The zero-order chi connectivity index (χ0) is 12.5. The monoisotopic (exact) mass is 265 g/mol. The molecule has 3 rings (SSSR count). The highest BCUT2D eigenvalue weighted by Crippen LogP contribution is 2.40. The van der Waals surface area contributed by atoms with Crippen LogP contribution in [0.3, 0.4) is 0 Å². The van der Waals surface area contributed by atoms with Gasteiger partial charge in [-0.2, -0.15) is 0 Å². The molecule has 1 aliphatic carbocycles. The highest BCUT2D eigenvalue weighted by molar-refractivity contribution is 6.31. The molecule has 0 unspecified atom stereocenters. The minimum atomic E-state index is 0.372. The molecule has 1 aliphatic heterocycles. The van der Waals surface area contributed by atoms with E-state index < -0.39 is 0 Å². The lowest BCUT2D eigenvalue weighted by atomic mass is 9.97. The first-order valence-electron chi connectivity index (χ1n) is 6.88. The van der Waals surface area contributed by atoms with Gasteiger partial charge in [0.15, 0.2) is 0 Å². The van der Waals surface area contributed by atoms with Crippen LogP contribution in [0, 0.1) is 18.8 Å². The quantitative estimate of drug-likeness (QED) is 0.901. The van der Waals surface area contributed by atoms with E-state index in [0.29, 0.717) is 12.0 Å². The number of hydrogen-bond acceptors (Lipinski definition) is 2. The number of ether oxygens (including phenoxy) is 1. The molecule has 1 heterocycles. The van der Waals surface area contributed by atoms with Gasteiger partial charge in [-0.3, -0.25) is 0 Å². The Morgan fingerprint density at radius 3 is 2.78 bits per heavy atom. The smallest absolute Gasteiger partial charge is 0.124 e. The molecule has 18 heavy (non-hydrogen) atoms. The van der Waals surface area contributed by atoms with Crippen LogP contribution in [0.25, 0.3) is 0 Å². The molecule has 1 aromatic carbocycles. The van der Waals surface area contributed by atoms with Gasteiger partial charge in [0.2, 0.25) is 0 Å². The van der Waals surface area contributed by atoms with Crippen molar-refractivity contribution in [3.8, 4) is 5.75 Å². The standard InChI is InChI=1S/C15H20ClNO/c1-10-13(16)3-2-4-14(10)18-15(11-5-6-11)12-7-8-17-9-12/h2-4,11-12,15,17H,5-9H2,1H3/t12-,15-/m1/s1. The molecule has 0 aromatic heterocycles. The third-order valence-electron chi connectivity index (χ3n) is 4.13. The molecule has 2 fully saturated rings. The maximum absolute atomic E-state index is 6.31. The molecule has 0 spiro atoms. The van der Waals surface area contributed by atoms with E-state index in [1.165, 1.54) is 19.3 Å². The third kappa shape index (κ3) is 2.50. The fourth-order valence-electron chi connectivity index (χ4n) is 2.82. The first-order valence-corrected chi connectivity index (χ1v) is 7.26. The maximum atomic E-state index is 6.31. The summed E-state index contributed by atoms with van der Waals surface area (Å²) in [4.78, 5) is 0. The third-order valence-corrected chi connectivity index (χ3v) is 4.54. The zero-order valence-electron chi connectivity index (χ0n) is 10.8. The lowest BCUT2D eigenvalue weighted by molar-refractivity contribution is 0.120. The van der Waals surface area contributed by atoms with E-state index in [1.807, 2.05) is 25.1 Å². The van der Waals surface area contributed by atoms with Gasteiger partial charge in [0.05, 0.1) is 0 Å². The normalized spacial score (nSPS) is 25.1. The van der Waals surface area contributed by atoms with Crippen LogP contribution in [0.4, 0.5) is 0 Å². The van der Waals surface area contributed by atoms with E-state index in [1.54, 1.807) is 0 Å². The molecule has 2 nitrogen and oxygen atoms in total. The minimum absolute atomic E-state index is 0.372. The second-order valence-electron chi connectivity index (χ2n) is 5.54. The van der Waals surface area contributed by atoms with Gasteiger partial charge in [-0.25, -0.2) is 0 Å². The summed E-state index contributed by atoms with van der Waals surface area (Å²) in [5.41, 5.74) is 1.07. The van der Waals surface area contributed by atoms with Crippen LogP contribution in [0.15, 0.2) is 18.2 Å². The van der Waals surface area contributed by atoms with Crippen molar-refractivity contribution in [1.82, 2.24) is 5.32 Å². The number of hydrogen-bond donors (Lipinski definition) is 1. The lowest BCUT2D eigenvalue weighted by Gasteiger charge is -2.25. The number of rotatable bonds is 4. The summed E-state index contributed by atoms with van der Waals surface area (Å²) in [6.45, 7) is 4.26. The van der Waals surface area contributed by atoms with E-state index in [2.05, 4.69) is 5.32 Å². The second-order valence-corrected chi connectivity index (χ2v) is 5.94. The molecule has 2 aliphatic rings. The predicted octanol–water partition coefficient (Wildman–Crippen LogP) is 3.42. The van der Waals surface area contributed by atoms with Crippen LogP contribution >= 0.6 is 11.6 Å². The fraction of sp³-hybridized carbons (Fsp3) is 0.600. The summed E-state index contributed by atoms with van der Waals surface area (Å²) < 4.78 is 6.31. The second kappa shape index (κ2) is 5.10. The Morgan fingerprint density at radius 2 is 2.11 bits per heavy atom. The first kappa shape index (κ1) is 12.3. The minimum Gasteiger partial charge on any atom is -0.489 e. The molecule has 0 bridgehead atoms. The Hall–Kier alpha value is -0.730. The van der Waals surface area contributed by atoms with E-state index in [-0.39, 0.29) is 0 Å². The Kier molecular flexibility index (Phi) is 3.49. The first-order chi connectivity index (χ1) is 8.75. The summed E-state index contributed by atoms with van der Waals surface area (Å²) >= 11 is 6.16. The Morgan fingerprint density at radius 1 is 1.28 bits per heavy atom. The van der Waals surface area contributed by atoms with Crippen LogP contribution in [-0.4, -0.2) is 19.2 Å². The SMILES string of the molecule is Cc1c(Cl)cccc1O[C@H](C1CC1)[C@@H]1CCNC1. The average Bonchev–Trinajstić information content (AvgIpc) is 3.06. The van der Waals surface area contributed by atoms with Crippen molar-refractivity contribution >= 4 is 11.6 Å². The van der Waals surface area contributed by atoms with Crippen molar-refractivity contribution in [2.24, 2.45) is 11.8 Å². The number of nitrogens with one attached hydrogen (secondary N) is 1. The van der Waals surface area contributed by atoms with Crippen molar-refractivity contribution in [3.63, 3.8) is 0 Å². The van der Waals surface area contributed by atoms with E-state index in [0.717, 1.165) is 35.3 Å². The molecule has 1 saturated heterocycles. The van der Waals surface area contributed by atoms with Gasteiger partial charge in [-0.1, -0.05) is 17.7 Å². The van der Waals surface area contributed by atoms with Crippen LogP contribution < -0.4 is 10.1 Å². The number of halogens is 1. The van der Waals surface area contributed by atoms with E-state index in [4.69, 9.17) is 16.3 Å². The molecule has 1 aromatic rings. The number of benzene rings is 1. The van der Waals surface area contributed by atoms with Gasteiger partial charge in [-0.15, -0.1) is 0 Å². The highest BCUT2D eigenvalue weighted by atomic mass is 35.5. The van der Waals surface area contributed by atoms with Crippen molar-refractivity contribution in [3.05, 3.63) is 28.8 Å². The molecule has 1 N–H and O–H groups in total. The molecule has 2 atom stereocenters. The summed E-state index contributed by atoms with van der Waals surface area (Å²) in [5.74, 6) is 2.38. The highest BCUT2D eigenvalue weighted by Gasteiger charge is 2.39. The van der Waals surface area contributed by atoms with Crippen LogP contribution in [0.1, 0.15) is 24.8 Å². The zero-order valence-corrected chi connectivity index (χ0v) is 11.5. The molecule has 1 saturated carbocycles. The van der Waals surface area contributed by atoms with E-state index in [9.17, 15) is 0 Å². The van der Waals surface area contributed by atoms with Crippen molar-refractivity contribution < 1.29 is 4.74 Å². The Balaban J connectivity index is 1.77. The van der Waals surface area contributed by atoms with Crippen molar-refractivity contribution in [2.75, 3.05) is 13.1 Å². The van der Waals surface area contributed by atoms with Gasteiger partial charge >= 0.3 is 0 Å². The van der Waals surface area contributed by atoms with Crippen LogP contribution in [-0.2, 0) is 0 Å². The maximum Gasteiger partial charge on any atom is 0.124 e. The summed E-state index contributed by atoms with van der Waals surface area (Å²) in [5, 5.41) is 4.24. The fourth-order valence-corrected chi connectivity index (χ4v) is 2.99. The van der Waals surface area contributed by atoms with Gasteiger partial charge in [0.25, 0.3) is 0 Å². The van der Waals surface area contributed by atoms with Crippen LogP contribution in [0.5, 0.6) is 5.75 Å². The molecule has 0 radical (unpaired) electrons. The Labute approximate surface area is 114 Å². The largest absolute Gasteiger partial charge is 0.489 e.